The molecule has 3 aromatic rings. The Kier molecular flexibility index (Phi) is 6.32. The summed E-state index contributed by atoms with van der Waals surface area (Å²) in [6.45, 7) is 2.85. The van der Waals surface area contributed by atoms with E-state index >= 15 is 0 Å². The fourth-order valence-corrected chi connectivity index (χ4v) is 4.05. The van der Waals surface area contributed by atoms with Crippen molar-refractivity contribution in [1.82, 2.24) is 19.4 Å². The molecule has 7 heteroatoms. The number of imidazole rings is 1. The van der Waals surface area contributed by atoms with E-state index < -0.39 is 5.82 Å². The summed E-state index contributed by atoms with van der Waals surface area (Å²) in [4.78, 5) is 21.5. The molecule has 0 radical (unpaired) electrons. The van der Waals surface area contributed by atoms with E-state index in [4.69, 9.17) is 4.74 Å². The molecule has 1 aliphatic heterocycles. The first kappa shape index (κ1) is 21.1. The van der Waals surface area contributed by atoms with Crippen LogP contribution in [0.4, 0.5) is 9.18 Å². The number of piperidine rings is 1. The second kappa shape index (κ2) is 9.31. The first-order valence-electron chi connectivity index (χ1n) is 10.5. The number of methoxy groups -OCH3 is 1. The Balaban J connectivity index is 1.36. The van der Waals surface area contributed by atoms with E-state index in [0.29, 0.717) is 11.3 Å². The molecule has 1 fully saturated rings. The molecule has 0 spiro atoms. The molecule has 162 valence electrons. The van der Waals surface area contributed by atoms with Crippen molar-refractivity contribution < 1.29 is 13.9 Å². The fraction of sp³-hybridized carbons (Fsp3) is 0.333. The molecule has 0 atom stereocenters. The van der Waals surface area contributed by atoms with E-state index in [9.17, 15) is 9.18 Å². The summed E-state index contributed by atoms with van der Waals surface area (Å²) in [5, 5.41) is 0. The van der Waals surface area contributed by atoms with Gasteiger partial charge in [0.2, 0.25) is 0 Å². The molecule has 1 aromatic heterocycles. The van der Waals surface area contributed by atoms with E-state index in [1.54, 1.807) is 23.2 Å². The monoisotopic (exact) mass is 422 g/mol. The minimum Gasteiger partial charge on any atom is -0.494 e. The van der Waals surface area contributed by atoms with Crippen LogP contribution in [-0.4, -0.2) is 58.7 Å². The van der Waals surface area contributed by atoms with Crippen molar-refractivity contribution in [1.29, 1.82) is 0 Å². The Morgan fingerprint density at radius 2 is 1.94 bits per heavy atom. The summed E-state index contributed by atoms with van der Waals surface area (Å²) in [6.07, 6.45) is 4.99. The van der Waals surface area contributed by atoms with Gasteiger partial charge in [-0.3, -0.25) is 9.47 Å². The Hall–Kier alpha value is -3.19. The molecular weight excluding hydrogens is 395 g/mol. The number of carbonyl (C=O) groups is 1. The highest BCUT2D eigenvalue weighted by Crippen LogP contribution is 2.25. The summed E-state index contributed by atoms with van der Waals surface area (Å²) in [7, 11) is 3.26. The maximum Gasteiger partial charge on any atom is 0.329 e. The lowest BCUT2D eigenvalue weighted by Gasteiger charge is -2.36. The van der Waals surface area contributed by atoms with E-state index in [0.717, 1.165) is 32.5 Å². The average molecular weight is 423 g/mol. The molecule has 0 unspecified atom stereocenters. The number of nitrogens with zero attached hydrogens (tertiary/aromatic N) is 4. The van der Waals surface area contributed by atoms with E-state index in [1.807, 2.05) is 13.1 Å². The number of hydrogen-bond acceptors (Lipinski definition) is 4. The van der Waals surface area contributed by atoms with Crippen molar-refractivity contribution in [3.8, 4) is 17.0 Å². The molecule has 31 heavy (non-hydrogen) atoms. The number of hydrogen-bond donors (Lipinski definition) is 0. The molecule has 0 N–H and O–H groups in total. The molecular formula is C24H27FN4O2. The largest absolute Gasteiger partial charge is 0.494 e. The van der Waals surface area contributed by atoms with E-state index in [2.05, 4.69) is 34.1 Å². The Morgan fingerprint density at radius 3 is 2.61 bits per heavy atom. The summed E-state index contributed by atoms with van der Waals surface area (Å²) < 4.78 is 20.4. The minimum atomic E-state index is -0.458. The highest BCUT2D eigenvalue weighted by atomic mass is 19.1. The molecule has 6 nitrogen and oxygen atoms in total. The van der Waals surface area contributed by atoms with Crippen LogP contribution in [0.25, 0.3) is 11.3 Å². The summed E-state index contributed by atoms with van der Waals surface area (Å²) in [5.74, 6) is -0.280. The van der Waals surface area contributed by atoms with Crippen LogP contribution in [0, 0.1) is 5.82 Å². The maximum atomic E-state index is 14.0. The number of benzene rings is 2. The van der Waals surface area contributed by atoms with Crippen molar-refractivity contribution in [2.75, 3.05) is 27.2 Å². The summed E-state index contributed by atoms with van der Waals surface area (Å²) >= 11 is 0. The first-order chi connectivity index (χ1) is 15.0. The van der Waals surface area contributed by atoms with Gasteiger partial charge >= 0.3 is 6.03 Å². The van der Waals surface area contributed by atoms with Crippen molar-refractivity contribution in [2.24, 2.45) is 0 Å². The van der Waals surface area contributed by atoms with Gasteiger partial charge in [0.15, 0.2) is 11.6 Å². The van der Waals surface area contributed by atoms with Gasteiger partial charge in [-0.15, -0.1) is 0 Å². The van der Waals surface area contributed by atoms with Crippen LogP contribution in [0.2, 0.25) is 0 Å². The van der Waals surface area contributed by atoms with Crippen LogP contribution in [0.15, 0.2) is 61.1 Å². The van der Waals surface area contributed by atoms with Crippen LogP contribution >= 0.6 is 0 Å². The highest BCUT2D eigenvalue weighted by Gasteiger charge is 2.26. The predicted octanol–water partition coefficient (Wildman–Crippen LogP) is 4.26. The van der Waals surface area contributed by atoms with Crippen LogP contribution in [0.1, 0.15) is 18.4 Å². The molecule has 0 saturated carbocycles. The predicted molar refractivity (Wildman–Crippen MR) is 117 cm³/mol. The topological polar surface area (TPSA) is 50.6 Å². The molecule has 2 heterocycles. The minimum absolute atomic E-state index is 0.130. The Labute approximate surface area is 181 Å². The number of aromatic nitrogens is 2. The third-order valence-corrected chi connectivity index (χ3v) is 5.91. The van der Waals surface area contributed by atoms with Crippen LogP contribution < -0.4 is 4.74 Å². The fourth-order valence-electron chi connectivity index (χ4n) is 4.05. The summed E-state index contributed by atoms with van der Waals surface area (Å²) in [5.41, 5.74) is 2.45. The second-order valence-electron chi connectivity index (χ2n) is 7.90. The molecule has 1 amide bonds. The Morgan fingerprint density at radius 1 is 1.19 bits per heavy atom. The van der Waals surface area contributed by atoms with Crippen molar-refractivity contribution >= 4 is 6.03 Å². The third-order valence-electron chi connectivity index (χ3n) is 5.91. The van der Waals surface area contributed by atoms with Gasteiger partial charge < -0.3 is 9.64 Å². The molecule has 1 saturated heterocycles. The van der Waals surface area contributed by atoms with Gasteiger partial charge in [0, 0.05) is 44.5 Å². The van der Waals surface area contributed by atoms with Crippen LogP contribution in [0.3, 0.4) is 0 Å². The number of rotatable bonds is 5. The number of likely N-dealkylation sites (tertiary alicyclic amines) is 1. The van der Waals surface area contributed by atoms with Gasteiger partial charge in [-0.1, -0.05) is 30.3 Å². The molecule has 2 aromatic carbocycles. The first-order valence-corrected chi connectivity index (χ1v) is 10.5. The molecule has 1 aliphatic rings. The van der Waals surface area contributed by atoms with Gasteiger partial charge in [-0.25, -0.2) is 14.2 Å². The van der Waals surface area contributed by atoms with Crippen molar-refractivity contribution in [2.45, 2.75) is 25.4 Å². The quantitative estimate of drug-likeness (QED) is 0.616. The smallest absolute Gasteiger partial charge is 0.329 e. The van der Waals surface area contributed by atoms with Gasteiger partial charge in [0.25, 0.3) is 0 Å². The van der Waals surface area contributed by atoms with Gasteiger partial charge in [-0.05, 0) is 36.6 Å². The standard InChI is InChI=1S/C24H27FN4O2/c1-27(20-10-12-28(13-11-20)15-18-6-4-3-5-7-18)24(30)29-16-22(26-17-29)19-8-9-23(31-2)21(25)14-19/h3-9,14,16-17,20H,10-13,15H2,1-2H3. The second-order valence-corrected chi connectivity index (χ2v) is 7.90. The maximum absolute atomic E-state index is 14.0. The zero-order chi connectivity index (χ0) is 21.8. The SMILES string of the molecule is COc1ccc(-c2cn(C(=O)N(C)C3CCN(Cc4ccccc4)CC3)cn2)cc1F. The van der Waals surface area contributed by atoms with Crippen LogP contribution in [0.5, 0.6) is 5.75 Å². The number of halogens is 1. The lowest BCUT2D eigenvalue weighted by molar-refractivity contribution is 0.132. The van der Waals surface area contributed by atoms with Gasteiger partial charge in [0.05, 0.1) is 12.8 Å². The zero-order valence-electron chi connectivity index (χ0n) is 17.9. The third kappa shape index (κ3) is 4.77. The highest BCUT2D eigenvalue weighted by molar-refractivity contribution is 5.78. The van der Waals surface area contributed by atoms with Gasteiger partial charge in [0.1, 0.15) is 6.33 Å². The van der Waals surface area contributed by atoms with Crippen molar-refractivity contribution in [3.63, 3.8) is 0 Å². The lowest BCUT2D eigenvalue weighted by Crippen LogP contribution is -2.46. The molecule has 4 rings (SSSR count). The van der Waals surface area contributed by atoms with Crippen molar-refractivity contribution in [3.05, 3.63) is 72.4 Å². The Bertz CT molecular complexity index is 1030. The van der Waals surface area contributed by atoms with Gasteiger partial charge in [-0.2, -0.15) is 0 Å². The lowest BCUT2D eigenvalue weighted by atomic mass is 10.0. The zero-order valence-corrected chi connectivity index (χ0v) is 17.9. The van der Waals surface area contributed by atoms with Crippen LogP contribution in [-0.2, 0) is 6.54 Å². The molecule has 0 bridgehead atoms. The molecule has 0 aliphatic carbocycles. The summed E-state index contributed by atoms with van der Waals surface area (Å²) in [6, 6.07) is 15.2. The normalized spacial score (nSPS) is 15.1. The average Bonchev–Trinajstić information content (AvgIpc) is 3.29. The number of amides is 1. The van der Waals surface area contributed by atoms with E-state index in [-0.39, 0.29) is 17.8 Å². The number of carbonyl (C=O) groups excluding carboxylic acids is 1. The number of ether oxygens (including phenoxy) is 1. The van der Waals surface area contributed by atoms with E-state index in [1.165, 1.54) is 29.6 Å².